The Balaban J connectivity index is 5.24. The number of rotatable bonds is 79. The monoisotopic (exact) mass is 1440 g/mol. The summed E-state index contributed by atoms with van der Waals surface area (Å²) in [5, 5.41) is 10.6. The van der Waals surface area contributed by atoms with Crippen molar-refractivity contribution >= 4 is 39.5 Å². The lowest BCUT2D eigenvalue weighted by Gasteiger charge is -2.21. The summed E-state index contributed by atoms with van der Waals surface area (Å²) in [6, 6.07) is 0. The van der Waals surface area contributed by atoms with Crippen molar-refractivity contribution in [3.63, 3.8) is 0 Å². The molecule has 19 heteroatoms. The predicted molar refractivity (Wildman–Crippen MR) is 400 cm³/mol. The van der Waals surface area contributed by atoms with Crippen LogP contribution in [0.1, 0.15) is 420 Å². The highest BCUT2D eigenvalue weighted by molar-refractivity contribution is 7.47. The van der Waals surface area contributed by atoms with Gasteiger partial charge in [-0.15, -0.1) is 0 Å². The molecule has 0 aromatic heterocycles. The van der Waals surface area contributed by atoms with Crippen LogP contribution in [-0.2, 0) is 65.4 Å². The van der Waals surface area contributed by atoms with Gasteiger partial charge in [0.2, 0.25) is 0 Å². The number of carbonyl (C=O) groups excluding carboxylic acids is 4. The number of hydrogen-bond donors (Lipinski definition) is 3. The van der Waals surface area contributed by atoms with E-state index in [-0.39, 0.29) is 25.7 Å². The maximum absolute atomic E-state index is 13.1. The SMILES string of the molecule is CCCCCCCCCCCCCCCCCCCC(=O)OC[C@H](COP(=O)(O)OC[C@@H](O)COP(=O)(O)OC[C@@H](COC(=O)CCCCCCCCC(C)CC)OC(=O)CCCCCCCCCCCCCCCC)OC(=O)CCCCCCCCCCCCCCCCCCC. The second-order valence-electron chi connectivity index (χ2n) is 28.7. The number of unbranched alkanes of at least 4 members (excludes halogenated alkanes) is 50. The number of phosphoric acid groups is 2. The van der Waals surface area contributed by atoms with Crippen molar-refractivity contribution in [2.45, 2.75) is 438 Å². The quantitative estimate of drug-likeness (QED) is 0.0222. The van der Waals surface area contributed by atoms with Gasteiger partial charge in [0.25, 0.3) is 0 Å². The lowest BCUT2D eigenvalue weighted by Crippen LogP contribution is -2.30. The van der Waals surface area contributed by atoms with Crippen molar-refractivity contribution in [2.75, 3.05) is 39.6 Å². The third-order valence-corrected chi connectivity index (χ3v) is 20.8. The van der Waals surface area contributed by atoms with E-state index in [1.54, 1.807) is 0 Å². The van der Waals surface area contributed by atoms with Gasteiger partial charge in [0.05, 0.1) is 26.4 Å². The molecule has 0 saturated heterocycles. The highest BCUT2D eigenvalue weighted by Crippen LogP contribution is 2.45. The largest absolute Gasteiger partial charge is 0.472 e. The molecule has 0 fully saturated rings. The first kappa shape index (κ1) is 96.1. The maximum Gasteiger partial charge on any atom is 0.472 e. The first-order valence-electron chi connectivity index (χ1n) is 41.2. The summed E-state index contributed by atoms with van der Waals surface area (Å²) in [4.78, 5) is 73.0. The molecule has 0 aromatic rings. The number of phosphoric ester groups is 2. The van der Waals surface area contributed by atoms with Crippen molar-refractivity contribution in [3.8, 4) is 0 Å². The molecule has 0 aromatic carbocycles. The second-order valence-corrected chi connectivity index (χ2v) is 31.6. The first-order chi connectivity index (χ1) is 47.6. The normalized spacial score (nSPS) is 14.2. The third kappa shape index (κ3) is 71.1. The average molecular weight is 1440 g/mol. The second kappa shape index (κ2) is 72.0. The van der Waals surface area contributed by atoms with Crippen LogP contribution in [0.2, 0.25) is 0 Å². The van der Waals surface area contributed by atoms with Gasteiger partial charge in [-0.25, -0.2) is 9.13 Å². The molecule has 0 heterocycles. The summed E-state index contributed by atoms with van der Waals surface area (Å²) in [7, 11) is -9.92. The molecule has 6 atom stereocenters. The van der Waals surface area contributed by atoms with Gasteiger partial charge in [-0.1, -0.05) is 369 Å². The van der Waals surface area contributed by atoms with E-state index in [1.165, 1.54) is 238 Å². The Kier molecular flexibility index (Phi) is 70.6. The van der Waals surface area contributed by atoms with Crippen molar-refractivity contribution < 1.29 is 80.2 Å². The molecule has 0 aliphatic heterocycles. The minimum absolute atomic E-state index is 0.107. The minimum atomic E-state index is -4.96. The fraction of sp³-hybridized carbons (Fsp3) is 0.949. The highest BCUT2D eigenvalue weighted by Gasteiger charge is 2.30. The summed E-state index contributed by atoms with van der Waals surface area (Å²) in [5.74, 6) is -1.38. The Hall–Kier alpha value is -1.94. The Labute approximate surface area is 600 Å². The molecule has 582 valence electrons. The van der Waals surface area contributed by atoms with Crippen LogP contribution in [-0.4, -0.2) is 96.7 Å². The Morgan fingerprint density at radius 2 is 0.490 bits per heavy atom. The molecule has 0 rings (SSSR count). The van der Waals surface area contributed by atoms with Gasteiger partial charge in [0.1, 0.15) is 19.3 Å². The van der Waals surface area contributed by atoms with Crippen LogP contribution >= 0.6 is 15.6 Å². The van der Waals surface area contributed by atoms with E-state index in [0.29, 0.717) is 25.7 Å². The van der Waals surface area contributed by atoms with E-state index in [1.807, 2.05) is 0 Å². The molecule has 0 bridgehead atoms. The van der Waals surface area contributed by atoms with Gasteiger partial charge >= 0.3 is 39.5 Å². The highest BCUT2D eigenvalue weighted by atomic mass is 31.2. The zero-order valence-electron chi connectivity index (χ0n) is 63.9. The van der Waals surface area contributed by atoms with E-state index >= 15 is 0 Å². The van der Waals surface area contributed by atoms with E-state index in [9.17, 15) is 43.2 Å². The summed E-state index contributed by atoms with van der Waals surface area (Å²) in [6.45, 7) is 7.29. The van der Waals surface area contributed by atoms with Gasteiger partial charge in [0, 0.05) is 25.7 Å². The van der Waals surface area contributed by atoms with Crippen LogP contribution in [0.5, 0.6) is 0 Å². The molecule has 98 heavy (non-hydrogen) atoms. The Morgan fingerprint density at radius 3 is 0.724 bits per heavy atom. The van der Waals surface area contributed by atoms with Gasteiger partial charge in [-0.2, -0.15) is 0 Å². The van der Waals surface area contributed by atoms with Crippen molar-refractivity contribution in [3.05, 3.63) is 0 Å². The van der Waals surface area contributed by atoms with Crippen LogP contribution in [0.4, 0.5) is 0 Å². The molecule has 0 aliphatic rings. The van der Waals surface area contributed by atoms with Gasteiger partial charge < -0.3 is 33.8 Å². The number of carbonyl (C=O) groups is 4. The van der Waals surface area contributed by atoms with Gasteiger partial charge in [-0.05, 0) is 31.6 Å². The van der Waals surface area contributed by atoms with Crippen molar-refractivity contribution in [2.24, 2.45) is 5.92 Å². The number of hydrogen-bond acceptors (Lipinski definition) is 15. The fourth-order valence-electron chi connectivity index (χ4n) is 12.2. The van der Waals surface area contributed by atoms with Crippen LogP contribution in [0.15, 0.2) is 0 Å². The minimum Gasteiger partial charge on any atom is -0.462 e. The summed E-state index contributed by atoms with van der Waals surface area (Å²) in [6.07, 6.45) is 62.4. The zero-order valence-corrected chi connectivity index (χ0v) is 65.7. The summed E-state index contributed by atoms with van der Waals surface area (Å²) in [5.41, 5.74) is 0. The predicted octanol–water partition coefficient (Wildman–Crippen LogP) is 23.6. The fourth-order valence-corrected chi connectivity index (χ4v) is 13.8. The number of aliphatic hydroxyl groups is 1. The average Bonchev–Trinajstić information content (AvgIpc) is 1.03. The van der Waals surface area contributed by atoms with Crippen LogP contribution in [0.3, 0.4) is 0 Å². The van der Waals surface area contributed by atoms with Gasteiger partial charge in [0.15, 0.2) is 12.2 Å². The molecule has 3 unspecified atom stereocenters. The smallest absolute Gasteiger partial charge is 0.462 e. The van der Waals surface area contributed by atoms with Crippen LogP contribution in [0.25, 0.3) is 0 Å². The van der Waals surface area contributed by atoms with Crippen molar-refractivity contribution in [1.29, 1.82) is 0 Å². The van der Waals surface area contributed by atoms with E-state index in [4.69, 9.17) is 37.0 Å². The molecule has 0 radical (unpaired) electrons. The van der Waals surface area contributed by atoms with E-state index in [0.717, 1.165) is 102 Å². The number of aliphatic hydroxyl groups excluding tert-OH is 1. The lowest BCUT2D eigenvalue weighted by molar-refractivity contribution is -0.161. The summed E-state index contributed by atoms with van der Waals surface area (Å²) < 4.78 is 68.7. The standard InChI is InChI=1S/C79H154O17P2/c1-6-10-13-16-19-22-25-28-31-33-35-38-40-43-46-52-57-62-76(81)89-68-74(95-78(83)65-60-55-48-45-42-39-36-34-32-29-26-23-20-17-14-11-7-2)70-93-97(85,86)91-66-73(80)67-92-98(87,88)94-71-75(69-90-77(82)63-58-53-50-49-51-56-61-72(5)9-4)96-79(84)64-59-54-47-44-41-37-30-27-24-21-18-15-12-8-3/h72-75,80H,6-71H2,1-5H3,(H,85,86)(H,87,88)/t72?,73-,74-,75-/m1/s1. The molecule has 3 N–H and O–H groups in total. The first-order valence-corrected chi connectivity index (χ1v) is 44.2. The van der Waals surface area contributed by atoms with Gasteiger partial charge in [-0.3, -0.25) is 37.3 Å². The van der Waals surface area contributed by atoms with Crippen LogP contribution in [0, 0.1) is 5.92 Å². The lowest BCUT2D eigenvalue weighted by atomic mass is 10.00. The Morgan fingerprint density at radius 1 is 0.286 bits per heavy atom. The Bertz CT molecular complexity index is 1880. The molecule has 0 aliphatic carbocycles. The maximum atomic E-state index is 13.1. The summed E-state index contributed by atoms with van der Waals surface area (Å²) >= 11 is 0. The van der Waals surface area contributed by atoms with E-state index < -0.39 is 97.5 Å². The molecule has 17 nitrogen and oxygen atoms in total. The van der Waals surface area contributed by atoms with Crippen LogP contribution < -0.4 is 0 Å². The molecule has 0 amide bonds. The molecule has 0 spiro atoms. The number of ether oxygens (including phenoxy) is 4. The topological polar surface area (TPSA) is 237 Å². The van der Waals surface area contributed by atoms with Crippen molar-refractivity contribution in [1.82, 2.24) is 0 Å². The zero-order chi connectivity index (χ0) is 71.9. The molecular formula is C79H154O17P2. The number of esters is 4. The molecule has 0 saturated carbocycles. The third-order valence-electron chi connectivity index (χ3n) is 18.9. The molecular weight excluding hydrogens is 1280 g/mol. The van der Waals surface area contributed by atoms with E-state index in [2.05, 4.69) is 34.6 Å².